The van der Waals surface area contributed by atoms with Crippen LogP contribution in [0.5, 0.6) is 0 Å². The third kappa shape index (κ3) is 5.65. The summed E-state index contributed by atoms with van der Waals surface area (Å²) < 4.78 is 25.2. The summed E-state index contributed by atoms with van der Waals surface area (Å²) in [4.78, 5) is 13.5. The minimum atomic E-state index is -3.15. The summed E-state index contributed by atoms with van der Waals surface area (Å²) in [7, 11) is -3.25. The summed E-state index contributed by atoms with van der Waals surface area (Å²) in [5.41, 5.74) is 2.04. The molecular weight excluding hydrogens is 402 g/mol. The maximum absolute atomic E-state index is 13.5. The van der Waals surface area contributed by atoms with E-state index in [-0.39, 0.29) is 27.3 Å². The van der Waals surface area contributed by atoms with Crippen LogP contribution in [0, 0.1) is 5.41 Å². The van der Waals surface area contributed by atoms with Crippen molar-refractivity contribution in [1.29, 1.82) is 0 Å². The fourth-order valence-electron chi connectivity index (χ4n) is 4.77. The number of sulfonamides is 1. The molecule has 1 atom stereocenters. The molecule has 0 N–H and O–H groups in total. The Morgan fingerprint density at radius 1 is 1.03 bits per heavy atom. The van der Waals surface area contributed by atoms with Crippen molar-refractivity contribution in [2.75, 3.05) is 30.9 Å². The molecule has 6 heteroatoms. The lowest BCUT2D eigenvalue weighted by Crippen LogP contribution is -2.52. The normalized spacial score (nSPS) is 21.8. The van der Waals surface area contributed by atoms with Gasteiger partial charge in [-0.25, -0.2) is 8.42 Å². The molecule has 0 radical (unpaired) electrons. The van der Waals surface area contributed by atoms with Crippen LogP contribution in [0.1, 0.15) is 74.7 Å². The quantitative estimate of drug-likeness (QED) is 0.511. The van der Waals surface area contributed by atoms with Crippen molar-refractivity contribution in [3.63, 3.8) is 0 Å². The third-order valence-corrected chi connectivity index (χ3v) is 10.6. The van der Waals surface area contributed by atoms with Gasteiger partial charge in [0.05, 0.1) is 19.3 Å². The van der Waals surface area contributed by atoms with Gasteiger partial charge in [-0.3, -0.25) is 4.79 Å². The molecule has 0 amide bonds. The van der Waals surface area contributed by atoms with E-state index < -0.39 is 10.0 Å². The molecular formula is C23H36NO3S2+. The van der Waals surface area contributed by atoms with Crippen molar-refractivity contribution in [3.05, 3.63) is 35.4 Å². The van der Waals surface area contributed by atoms with Gasteiger partial charge in [-0.2, -0.15) is 4.31 Å². The Kier molecular flexibility index (Phi) is 7.17. The number of carbonyl (C=O) groups is 1. The molecule has 1 heterocycles. The van der Waals surface area contributed by atoms with Crippen LogP contribution in [-0.2, 0) is 20.9 Å². The van der Waals surface area contributed by atoms with Crippen LogP contribution in [0.15, 0.2) is 24.3 Å². The second-order valence-electron chi connectivity index (χ2n) is 9.68. The fraction of sp³-hybridized carbons (Fsp3) is 0.696. The number of hydrogen-bond acceptors (Lipinski definition) is 3. The van der Waals surface area contributed by atoms with E-state index in [0.717, 1.165) is 17.1 Å². The van der Waals surface area contributed by atoms with Crippen LogP contribution in [0.2, 0.25) is 0 Å². The van der Waals surface area contributed by atoms with Gasteiger partial charge >= 0.3 is 0 Å². The first-order valence-corrected chi connectivity index (χ1v) is 14.3. The highest BCUT2D eigenvalue weighted by Crippen LogP contribution is 2.35. The molecule has 1 aliphatic carbocycles. The number of nitrogens with zero attached hydrogens (tertiary/aromatic N) is 1. The third-order valence-electron chi connectivity index (χ3n) is 6.30. The van der Waals surface area contributed by atoms with Gasteiger partial charge in [0.15, 0.2) is 5.25 Å². The maximum Gasteiger partial charge on any atom is 0.215 e. The predicted octanol–water partition coefficient (Wildman–Crippen LogP) is 4.23. The molecule has 0 spiro atoms. The first-order valence-electron chi connectivity index (χ1n) is 10.8. The lowest BCUT2D eigenvalue weighted by Gasteiger charge is -2.33. The molecule has 2 aliphatic rings. The highest BCUT2D eigenvalue weighted by molar-refractivity contribution is 7.98. The smallest absolute Gasteiger partial charge is 0.215 e. The van der Waals surface area contributed by atoms with Gasteiger partial charge < -0.3 is 0 Å². The zero-order valence-corrected chi connectivity index (χ0v) is 19.9. The topological polar surface area (TPSA) is 54.5 Å². The van der Waals surface area contributed by atoms with Crippen molar-refractivity contribution < 1.29 is 13.2 Å². The van der Waals surface area contributed by atoms with Gasteiger partial charge in [0.25, 0.3) is 0 Å². The molecule has 1 saturated carbocycles. The first kappa shape index (κ1) is 22.8. The Hall–Kier alpha value is -0.850. The highest BCUT2D eigenvalue weighted by atomic mass is 32.2. The summed E-state index contributed by atoms with van der Waals surface area (Å²) in [6.45, 7) is 7.48. The molecule has 1 unspecified atom stereocenters. The van der Waals surface area contributed by atoms with Crippen LogP contribution in [-0.4, -0.2) is 54.6 Å². The van der Waals surface area contributed by atoms with Crippen LogP contribution >= 0.6 is 0 Å². The van der Waals surface area contributed by atoms with E-state index in [2.05, 4.69) is 32.9 Å². The molecule has 162 valence electrons. The zero-order valence-electron chi connectivity index (χ0n) is 18.3. The summed E-state index contributed by atoms with van der Waals surface area (Å²) in [6.07, 6.45) is 7.77. The Morgan fingerprint density at radius 3 is 2.07 bits per heavy atom. The summed E-state index contributed by atoms with van der Waals surface area (Å²) >= 11 is 0. The van der Waals surface area contributed by atoms with Gasteiger partial charge in [0, 0.05) is 21.9 Å². The average Bonchev–Trinajstić information content (AvgIpc) is 2.67. The number of Topliss-reactive ketones (excluding diaryl/α,β-unsaturated/α-hetero) is 1. The minimum Gasteiger partial charge on any atom is -0.288 e. The van der Waals surface area contributed by atoms with Crippen molar-refractivity contribution in [2.45, 2.75) is 64.0 Å². The van der Waals surface area contributed by atoms with Gasteiger partial charge in [-0.15, -0.1) is 0 Å². The molecule has 4 nitrogen and oxygen atoms in total. The number of ketones is 1. The van der Waals surface area contributed by atoms with Gasteiger partial charge in [0.1, 0.15) is 11.5 Å². The molecule has 0 bridgehead atoms. The number of carbonyl (C=O) groups excluding carboxylic acids is 1. The number of rotatable bonds is 5. The highest BCUT2D eigenvalue weighted by Gasteiger charge is 2.47. The first-order chi connectivity index (χ1) is 13.6. The van der Waals surface area contributed by atoms with Crippen molar-refractivity contribution in [1.82, 2.24) is 4.31 Å². The van der Waals surface area contributed by atoms with E-state index in [1.165, 1.54) is 43.9 Å². The molecule has 2 fully saturated rings. The SMILES string of the molecule is CC(C)(C)C(C(=O)c1ccc(C2CCCCC2)cc1)[S+]1CCN(S(C)(=O)=O)CC1. The number of hydrogen-bond donors (Lipinski definition) is 0. The van der Waals surface area contributed by atoms with Crippen molar-refractivity contribution in [3.8, 4) is 0 Å². The molecule has 3 rings (SSSR count). The van der Waals surface area contributed by atoms with E-state index in [9.17, 15) is 13.2 Å². The molecule has 1 aromatic rings. The molecule has 0 aromatic heterocycles. The Bertz CT molecular complexity index is 798. The summed E-state index contributed by atoms with van der Waals surface area (Å²) in [5.74, 6) is 2.43. The molecule has 1 aromatic carbocycles. The van der Waals surface area contributed by atoms with Crippen LogP contribution < -0.4 is 0 Å². The Morgan fingerprint density at radius 2 is 1.59 bits per heavy atom. The van der Waals surface area contributed by atoms with Gasteiger partial charge in [0.2, 0.25) is 15.8 Å². The standard InChI is InChI=1S/C23H36NO3S2/c1-23(2,3)22(28-16-14-24(15-17-28)29(4,26)27)21(25)20-12-10-19(11-13-20)18-8-6-5-7-9-18/h10-13,18,22H,5-9,14-17H2,1-4H3/q+1. The fourth-order valence-corrected chi connectivity index (χ4v) is 8.87. The van der Waals surface area contributed by atoms with E-state index >= 15 is 0 Å². The summed E-state index contributed by atoms with van der Waals surface area (Å²) in [6, 6.07) is 8.39. The summed E-state index contributed by atoms with van der Waals surface area (Å²) in [5, 5.41) is -0.0651. The Balaban J connectivity index is 1.74. The molecule has 29 heavy (non-hydrogen) atoms. The van der Waals surface area contributed by atoms with E-state index in [1.807, 2.05) is 12.1 Å². The van der Waals surface area contributed by atoms with Crippen molar-refractivity contribution >= 4 is 26.7 Å². The monoisotopic (exact) mass is 438 g/mol. The van der Waals surface area contributed by atoms with E-state index in [1.54, 1.807) is 4.31 Å². The lowest BCUT2D eigenvalue weighted by molar-refractivity contribution is 0.0948. The van der Waals surface area contributed by atoms with Crippen LogP contribution in [0.4, 0.5) is 0 Å². The van der Waals surface area contributed by atoms with E-state index in [4.69, 9.17) is 0 Å². The largest absolute Gasteiger partial charge is 0.288 e. The van der Waals surface area contributed by atoms with E-state index in [0.29, 0.717) is 19.0 Å². The van der Waals surface area contributed by atoms with Gasteiger partial charge in [-0.1, -0.05) is 64.3 Å². The average molecular weight is 439 g/mol. The van der Waals surface area contributed by atoms with Crippen LogP contribution in [0.3, 0.4) is 0 Å². The second-order valence-corrected chi connectivity index (χ2v) is 14.0. The molecule has 1 saturated heterocycles. The number of benzene rings is 1. The molecule has 1 aliphatic heterocycles. The predicted molar refractivity (Wildman–Crippen MR) is 123 cm³/mol. The van der Waals surface area contributed by atoms with Gasteiger partial charge in [-0.05, 0) is 24.3 Å². The lowest BCUT2D eigenvalue weighted by atomic mass is 9.83. The minimum absolute atomic E-state index is 0.0651. The van der Waals surface area contributed by atoms with Crippen LogP contribution in [0.25, 0.3) is 0 Å². The Labute approximate surface area is 179 Å². The second kappa shape index (κ2) is 9.11. The zero-order chi connectivity index (χ0) is 21.2. The maximum atomic E-state index is 13.5. The van der Waals surface area contributed by atoms with Crippen molar-refractivity contribution in [2.24, 2.45) is 5.41 Å².